The van der Waals surface area contributed by atoms with Gasteiger partial charge in [-0.25, -0.2) is 4.98 Å². The maximum absolute atomic E-state index is 9.96. The van der Waals surface area contributed by atoms with Crippen molar-refractivity contribution in [1.29, 1.82) is 5.26 Å². The van der Waals surface area contributed by atoms with Crippen molar-refractivity contribution in [3.05, 3.63) is 95.3 Å². The Balaban J connectivity index is 1.61. The topological polar surface area (TPSA) is 59.4 Å². The van der Waals surface area contributed by atoms with Crippen LogP contribution in [-0.2, 0) is 13.6 Å². The van der Waals surface area contributed by atoms with Crippen molar-refractivity contribution >= 4 is 34.0 Å². The van der Waals surface area contributed by atoms with Crippen LogP contribution in [0.3, 0.4) is 0 Å². The molecular formula is C25H19N5S. The molecule has 3 aromatic heterocycles. The van der Waals surface area contributed by atoms with Gasteiger partial charge in [0.05, 0.1) is 28.0 Å². The summed E-state index contributed by atoms with van der Waals surface area (Å²) >= 11 is 1.64. The number of nitriles is 1. The average molecular weight is 422 g/mol. The van der Waals surface area contributed by atoms with Crippen LogP contribution in [0.2, 0.25) is 0 Å². The lowest BCUT2D eigenvalue weighted by Gasteiger charge is -2.01. The molecule has 0 aliphatic heterocycles. The monoisotopic (exact) mass is 421 g/mol. The Hall–Kier alpha value is -3.95. The number of nitrogens with zero attached hydrogens (tertiary/aromatic N) is 5. The first-order chi connectivity index (χ1) is 15.2. The van der Waals surface area contributed by atoms with E-state index in [0.717, 1.165) is 27.2 Å². The number of thiophene rings is 1. The van der Waals surface area contributed by atoms with E-state index in [2.05, 4.69) is 24.3 Å². The zero-order chi connectivity index (χ0) is 21.2. The van der Waals surface area contributed by atoms with E-state index in [1.807, 2.05) is 82.5 Å². The van der Waals surface area contributed by atoms with E-state index in [9.17, 15) is 5.26 Å². The van der Waals surface area contributed by atoms with Crippen LogP contribution in [0.4, 0.5) is 0 Å². The summed E-state index contributed by atoms with van der Waals surface area (Å²) in [7, 11) is 1.94. The van der Waals surface area contributed by atoms with Gasteiger partial charge in [-0.3, -0.25) is 4.68 Å². The van der Waals surface area contributed by atoms with Gasteiger partial charge in [0.1, 0.15) is 11.8 Å². The molecule has 0 fully saturated rings. The molecule has 0 atom stereocenters. The molecule has 5 nitrogen and oxygen atoms in total. The number of para-hydroxylation sites is 2. The van der Waals surface area contributed by atoms with Crippen molar-refractivity contribution in [1.82, 2.24) is 19.3 Å². The van der Waals surface area contributed by atoms with Crippen LogP contribution in [0, 0.1) is 11.3 Å². The minimum absolute atomic E-state index is 0.510. The first-order valence-electron chi connectivity index (χ1n) is 9.92. The van der Waals surface area contributed by atoms with Gasteiger partial charge in [0.2, 0.25) is 0 Å². The quantitative estimate of drug-likeness (QED) is 0.347. The molecule has 6 heteroatoms. The molecule has 2 aromatic carbocycles. The van der Waals surface area contributed by atoms with Crippen LogP contribution in [-0.4, -0.2) is 19.3 Å². The molecule has 0 saturated heterocycles. The summed E-state index contributed by atoms with van der Waals surface area (Å²) in [4.78, 5) is 5.76. The van der Waals surface area contributed by atoms with E-state index in [1.54, 1.807) is 11.3 Å². The molecule has 5 aromatic rings. The third kappa shape index (κ3) is 3.67. The summed E-state index contributed by atoms with van der Waals surface area (Å²) in [6, 6.07) is 24.6. The highest BCUT2D eigenvalue weighted by Gasteiger charge is 2.16. The Labute approximate surface area is 184 Å². The molecule has 5 rings (SSSR count). The maximum atomic E-state index is 9.96. The van der Waals surface area contributed by atoms with E-state index in [0.29, 0.717) is 17.9 Å². The number of aromatic nitrogens is 4. The molecule has 0 aliphatic rings. The molecular weight excluding hydrogens is 402 g/mol. The lowest BCUT2D eigenvalue weighted by molar-refractivity contribution is 0.689. The van der Waals surface area contributed by atoms with Crippen LogP contribution in [0.5, 0.6) is 0 Å². The number of fused-ring (bicyclic) bond motifs is 1. The second-order valence-corrected chi connectivity index (χ2v) is 8.19. The minimum atomic E-state index is 0.510. The molecule has 0 radical (unpaired) electrons. The average Bonchev–Trinajstić information content (AvgIpc) is 3.53. The van der Waals surface area contributed by atoms with Crippen molar-refractivity contribution < 1.29 is 0 Å². The van der Waals surface area contributed by atoms with Crippen molar-refractivity contribution in [2.45, 2.75) is 6.54 Å². The molecule has 0 aliphatic carbocycles. The summed E-state index contributed by atoms with van der Waals surface area (Å²) in [6.45, 7) is 0.668. The summed E-state index contributed by atoms with van der Waals surface area (Å²) in [5, 5.41) is 16.8. The molecule has 0 unspecified atom stereocenters. The summed E-state index contributed by atoms with van der Waals surface area (Å²) in [5.74, 6) is 0.650. The molecule has 3 heterocycles. The van der Waals surface area contributed by atoms with E-state index in [4.69, 9.17) is 10.1 Å². The highest BCUT2D eigenvalue weighted by molar-refractivity contribution is 7.13. The smallest absolute Gasteiger partial charge is 0.151 e. The minimum Gasteiger partial charge on any atom is -0.327 e. The van der Waals surface area contributed by atoms with Crippen molar-refractivity contribution in [2.75, 3.05) is 0 Å². The maximum Gasteiger partial charge on any atom is 0.151 e. The molecule has 0 bridgehead atoms. The Morgan fingerprint density at radius 2 is 1.87 bits per heavy atom. The van der Waals surface area contributed by atoms with Crippen LogP contribution in [0.25, 0.3) is 33.3 Å². The number of hydrogen-bond donors (Lipinski definition) is 0. The first-order valence-corrected chi connectivity index (χ1v) is 10.8. The Bertz CT molecular complexity index is 1420. The van der Waals surface area contributed by atoms with Gasteiger partial charge in [-0.15, -0.1) is 11.3 Å². The third-order valence-corrected chi connectivity index (χ3v) is 6.06. The number of benzene rings is 2. The molecule has 0 saturated carbocycles. The largest absolute Gasteiger partial charge is 0.327 e. The van der Waals surface area contributed by atoms with Crippen LogP contribution in [0.1, 0.15) is 17.0 Å². The van der Waals surface area contributed by atoms with Gasteiger partial charge in [-0.2, -0.15) is 10.4 Å². The standard InChI is InChI=1S/C25H19N5S/c1-29-22-11-6-5-10-21(22)27-25(29)19(15-26)14-20-17-30(16-18-8-3-2-4-9-18)28-24(20)23-12-7-13-31-23/h2-14,17H,16H2,1H3/b19-14+. The highest BCUT2D eigenvalue weighted by Crippen LogP contribution is 2.30. The summed E-state index contributed by atoms with van der Waals surface area (Å²) < 4.78 is 3.89. The Morgan fingerprint density at radius 3 is 2.61 bits per heavy atom. The van der Waals surface area contributed by atoms with Crippen molar-refractivity contribution in [3.8, 4) is 16.6 Å². The number of hydrogen-bond acceptors (Lipinski definition) is 4. The number of aryl methyl sites for hydroxylation is 1. The predicted molar refractivity (Wildman–Crippen MR) is 125 cm³/mol. The Morgan fingerprint density at radius 1 is 1.06 bits per heavy atom. The van der Waals surface area contributed by atoms with Crippen LogP contribution < -0.4 is 0 Å². The first kappa shape index (κ1) is 19.0. The number of rotatable bonds is 5. The van der Waals surface area contributed by atoms with E-state index < -0.39 is 0 Å². The zero-order valence-electron chi connectivity index (χ0n) is 16.9. The predicted octanol–water partition coefficient (Wildman–Crippen LogP) is 5.61. The van der Waals surface area contributed by atoms with Gasteiger partial charge >= 0.3 is 0 Å². The third-order valence-electron chi connectivity index (χ3n) is 5.18. The normalized spacial score (nSPS) is 11.7. The summed E-state index contributed by atoms with van der Waals surface area (Å²) in [5.41, 5.74) is 5.33. The van der Waals surface area contributed by atoms with Crippen LogP contribution in [0.15, 0.2) is 78.3 Å². The van der Waals surface area contributed by atoms with E-state index in [1.165, 1.54) is 5.56 Å². The second kappa shape index (κ2) is 8.05. The van der Waals surface area contributed by atoms with Crippen molar-refractivity contribution in [2.24, 2.45) is 7.05 Å². The Kier molecular flexibility index (Phi) is 4.95. The van der Waals surface area contributed by atoms with Gasteiger partial charge in [-0.05, 0) is 35.2 Å². The highest BCUT2D eigenvalue weighted by atomic mass is 32.1. The van der Waals surface area contributed by atoms with Crippen molar-refractivity contribution in [3.63, 3.8) is 0 Å². The van der Waals surface area contributed by atoms with Gasteiger partial charge in [-0.1, -0.05) is 48.5 Å². The molecule has 150 valence electrons. The second-order valence-electron chi connectivity index (χ2n) is 7.25. The van der Waals surface area contributed by atoms with Crippen LogP contribution >= 0.6 is 11.3 Å². The fourth-order valence-corrected chi connectivity index (χ4v) is 4.42. The van der Waals surface area contributed by atoms with Gasteiger partial charge < -0.3 is 4.57 Å². The molecule has 0 N–H and O–H groups in total. The van der Waals surface area contributed by atoms with Gasteiger partial charge in [0, 0.05) is 18.8 Å². The fourth-order valence-electron chi connectivity index (χ4n) is 3.69. The fraction of sp³-hybridized carbons (Fsp3) is 0.0800. The lowest BCUT2D eigenvalue weighted by atomic mass is 10.1. The SMILES string of the molecule is Cn1c(/C(C#N)=C/c2cn(Cc3ccccc3)nc2-c2cccs2)nc2ccccc21. The van der Waals surface area contributed by atoms with Gasteiger partial charge in [0.25, 0.3) is 0 Å². The zero-order valence-corrected chi connectivity index (χ0v) is 17.8. The van der Waals surface area contributed by atoms with E-state index >= 15 is 0 Å². The number of allylic oxidation sites excluding steroid dienone is 1. The lowest BCUT2D eigenvalue weighted by Crippen LogP contribution is -1.99. The molecule has 0 spiro atoms. The molecule has 0 amide bonds. The van der Waals surface area contributed by atoms with E-state index in [-0.39, 0.29) is 0 Å². The van der Waals surface area contributed by atoms with Gasteiger partial charge in [0.15, 0.2) is 5.82 Å². The summed E-state index contributed by atoms with van der Waals surface area (Å²) in [6.07, 6.45) is 3.90. The molecule has 31 heavy (non-hydrogen) atoms. The number of imidazole rings is 1.